The number of hydrogen-bond acceptors (Lipinski definition) is 4. The third-order valence-corrected chi connectivity index (χ3v) is 5.07. The standard InChI is InChI=1S/C13H24N2O3S/c1-4-6-10-15(9(7-19-10)13(17)18)12(16)11(14)8(3)5-2/h8-11H,4-7,14H2,1-3H3,(H,17,18)/t8-,9?,10?,11-/m0/s1. The lowest BCUT2D eigenvalue weighted by Gasteiger charge is -2.31. The van der Waals surface area contributed by atoms with E-state index < -0.39 is 18.1 Å². The Morgan fingerprint density at radius 2 is 2.11 bits per heavy atom. The Labute approximate surface area is 118 Å². The monoisotopic (exact) mass is 288 g/mol. The van der Waals surface area contributed by atoms with Gasteiger partial charge in [0.05, 0.1) is 11.4 Å². The maximum absolute atomic E-state index is 12.5. The van der Waals surface area contributed by atoms with Crippen LogP contribution in [-0.4, -0.2) is 45.1 Å². The van der Waals surface area contributed by atoms with Crippen LogP contribution in [0.15, 0.2) is 0 Å². The number of hydrogen-bond donors (Lipinski definition) is 2. The molecule has 1 aliphatic rings. The lowest BCUT2D eigenvalue weighted by atomic mass is 9.98. The fourth-order valence-electron chi connectivity index (χ4n) is 2.19. The van der Waals surface area contributed by atoms with Crippen LogP contribution >= 0.6 is 11.8 Å². The zero-order valence-electron chi connectivity index (χ0n) is 11.8. The van der Waals surface area contributed by atoms with Gasteiger partial charge in [0.2, 0.25) is 5.91 Å². The molecule has 0 aromatic carbocycles. The summed E-state index contributed by atoms with van der Waals surface area (Å²) in [7, 11) is 0. The van der Waals surface area contributed by atoms with E-state index in [-0.39, 0.29) is 17.2 Å². The van der Waals surface area contributed by atoms with Crippen molar-refractivity contribution in [3.8, 4) is 0 Å². The van der Waals surface area contributed by atoms with E-state index in [1.165, 1.54) is 4.90 Å². The first-order valence-corrected chi connectivity index (χ1v) is 7.91. The Kier molecular flexibility index (Phi) is 6.13. The highest BCUT2D eigenvalue weighted by molar-refractivity contribution is 8.00. The van der Waals surface area contributed by atoms with Crippen LogP contribution in [0.5, 0.6) is 0 Å². The number of aliphatic carboxylic acids is 1. The molecule has 0 saturated carbocycles. The number of nitrogens with two attached hydrogens (primary N) is 1. The summed E-state index contributed by atoms with van der Waals surface area (Å²) in [4.78, 5) is 25.3. The fourth-order valence-corrected chi connectivity index (χ4v) is 3.71. The van der Waals surface area contributed by atoms with Crippen molar-refractivity contribution in [3.05, 3.63) is 0 Å². The van der Waals surface area contributed by atoms with E-state index in [0.29, 0.717) is 5.75 Å². The Hall–Kier alpha value is -0.750. The van der Waals surface area contributed by atoms with Crippen LogP contribution in [0.3, 0.4) is 0 Å². The van der Waals surface area contributed by atoms with Crippen molar-refractivity contribution in [2.24, 2.45) is 11.7 Å². The molecule has 110 valence electrons. The molecule has 1 aliphatic heterocycles. The predicted molar refractivity (Wildman–Crippen MR) is 76.9 cm³/mol. The molecule has 0 aliphatic carbocycles. The summed E-state index contributed by atoms with van der Waals surface area (Å²) in [5.41, 5.74) is 5.98. The predicted octanol–water partition coefficient (Wildman–Crippen LogP) is 1.51. The molecule has 19 heavy (non-hydrogen) atoms. The summed E-state index contributed by atoms with van der Waals surface area (Å²) in [6, 6.07) is -1.34. The van der Waals surface area contributed by atoms with E-state index >= 15 is 0 Å². The van der Waals surface area contributed by atoms with Gasteiger partial charge in [0.1, 0.15) is 6.04 Å². The van der Waals surface area contributed by atoms with Crippen LogP contribution < -0.4 is 5.73 Å². The number of nitrogens with zero attached hydrogens (tertiary/aromatic N) is 1. The van der Waals surface area contributed by atoms with Crippen LogP contribution in [0.25, 0.3) is 0 Å². The van der Waals surface area contributed by atoms with Crippen LogP contribution in [-0.2, 0) is 9.59 Å². The van der Waals surface area contributed by atoms with Gasteiger partial charge in [-0.05, 0) is 12.3 Å². The van der Waals surface area contributed by atoms with Gasteiger partial charge in [-0.15, -0.1) is 11.8 Å². The molecule has 0 aromatic rings. The summed E-state index contributed by atoms with van der Waals surface area (Å²) in [6.07, 6.45) is 2.55. The van der Waals surface area contributed by atoms with Crippen molar-refractivity contribution < 1.29 is 14.7 Å². The molecule has 0 radical (unpaired) electrons. The molecule has 3 N–H and O–H groups in total. The van der Waals surface area contributed by atoms with Gasteiger partial charge in [-0.25, -0.2) is 4.79 Å². The molecule has 0 bridgehead atoms. The van der Waals surface area contributed by atoms with E-state index in [2.05, 4.69) is 0 Å². The largest absolute Gasteiger partial charge is 0.480 e. The van der Waals surface area contributed by atoms with Crippen molar-refractivity contribution >= 4 is 23.6 Å². The first kappa shape index (κ1) is 16.3. The molecule has 2 unspecified atom stereocenters. The average molecular weight is 288 g/mol. The molecule has 4 atom stereocenters. The highest BCUT2D eigenvalue weighted by atomic mass is 32.2. The number of carboxylic acid groups (broad SMARTS) is 1. The van der Waals surface area contributed by atoms with E-state index in [1.54, 1.807) is 11.8 Å². The SMILES string of the molecule is CCCC1SCC(C(=O)O)N1C(=O)[C@@H](N)[C@@H](C)CC. The molecule has 1 heterocycles. The molecule has 1 saturated heterocycles. The van der Waals surface area contributed by atoms with Gasteiger partial charge in [-0.1, -0.05) is 33.6 Å². The van der Waals surface area contributed by atoms with Crippen molar-refractivity contribution in [1.82, 2.24) is 4.90 Å². The summed E-state index contributed by atoms with van der Waals surface area (Å²) in [5.74, 6) is -0.630. The van der Waals surface area contributed by atoms with Gasteiger partial charge in [-0.3, -0.25) is 4.79 Å². The highest BCUT2D eigenvalue weighted by Gasteiger charge is 2.43. The van der Waals surface area contributed by atoms with E-state index in [4.69, 9.17) is 5.73 Å². The van der Waals surface area contributed by atoms with Crippen LogP contribution in [0.2, 0.25) is 0 Å². The number of amides is 1. The molecular formula is C13H24N2O3S. The van der Waals surface area contributed by atoms with E-state index in [9.17, 15) is 14.7 Å². The molecule has 1 rings (SSSR count). The van der Waals surface area contributed by atoms with Gasteiger partial charge >= 0.3 is 5.97 Å². The van der Waals surface area contributed by atoms with Gasteiger partial charge < -0.3 is 15.7 Å². The Bertz CT molecular complexity index is 338. The third-order valence-electron chi connectivity index (χ3n) is 3.71. The van der Waals surface area contributed by atoms with Crippen LogP contribution in [0, 0.1) is 5.92 Å². The van der Waals surface area contributed by atoms with Gasteiger partial charge in [0.25, 0.3) is 0 Å². The third kappa shape index (κ3) is 3.63. The average Bonchev–Trinajstić information content (AvgIpc) is 2.80. The number of carboxylic acids is 1. The number of rotatable bonds is 6. The topological polar surface area (TPSA) is 83.6 Å². The van der Waals surface area contributed by atoms with Crippen LogP contribution in [0.4, 0.5) is 0 Å². The van der Waals surface area contributed by atoms with Crippen molar-refractivity contribution in [2.45, 2.75) is 57.5 Å². The Balaban J connectivity index is 2.88. The summed E-state index contributed by atoms with van der Waals surface area (Å²) < 4.78 is 0. The number of carbonyl (C=O) groups excluding carboxylic acids is 1. The second-order valence-corrected chi connectivity index (χ2v) is 6.30. The first-order chi connectivity index (χ1) is 8.93. The smallest absolute Gasteiger partial charge is 0.327 e. The lowest BCUT2D eigenvalue weighted by Crippen LogP contribution is -2.53. The highest BCUT2D eigenvalue weighted by Crippen LogP contribution is 2.33. The van der Waals surface area contributed by atoms with Crippen LogP contribution in [0.1, 0.15) is 40.0 Å². The van der Waals surface area contributed by atoms with Crippen molar-refractivity contribution in [1.29, 1.82) is 0 Å². The molecule has 1 amide bonds. The molecule has 0 spiro atoms. The second kappa shape index (κ2) is 7.14. The maximum Gasteiger partial charge on any atom is 0.327 e. The quantitative estimate of drug-likeness (QED) is 0.774. The number of thioether (sulfide) groups is 1. The van der Waals surface area contributed by atoms with Gasteiger partial charge in [0, 0.05) is 5.75 Å². The normalized spacial score (nSPS) is 26.2. The minimum Gasteiger partial charge on any atom is -0.480 e. The fraction of sp³-hybridized carbons (Fsp3) is 0.846. The van der Waals surface area contributed by atoms with E-state index in [1.807, 2.05) is 20.8 Å². The minimum absolute atomic E-state index is 0.0475. The molecule has 5 nitrogen and oxygen atoms in total. The van der Waals surface area contributed by atoms with Crippen molar-refractivity contribution in [2.75, 3.05) is 5.75 Å². The summed E-state index contributed by atoms with van der Waals surface area (Å²) >= 11 is 1.55. The first-order valence-electron chi connectivity index (χ1n) is 6.86. The number of carbonyl (C=O) groups is 2. The maximum atomic E-state index is 12.5. The van der Waals surface area contributed by atoms with Gasteiger partial charge in [0.15, 0.2) is 0 Å². The Morgan fingerprint density at radius 3 is 2.58 bits per heavy atom. The van der Waals surface area contributed by atoms with Gasteiger partial charge in [-0.2, -0.15) is 0 Å². The lowest BCUT2D eigenvalue weighted by molar-refractivity contribution is -0.150. The van der Waals surface area contributed by atoms with E-state index in [0.717, 1.165) is 19.3 Å². The summed E-state index contributed by atoms with van der Waals surface area (Å²) in [6.45, 7) is 5.94. The second-order valence-electron chi connectivity index (χ2n) is 5.09. The molecule has 6 heteroatoms. The Morgan fingerprint density at radius 1 is 1.47 bits per heavy atom. The molecule has 1 fully saturated rings. The van der Waals surface area contributed by atoms with Crippen molar-refractivity contribution in [3.63, 3.8) is 0 Å². The zero-order valence-corrected chi connectivity index (χ0v) is 12.7. The summed E-state index contributed by atoms with van der Waals surface area (Å²) in [5, 5.41) is 9.20. The molecular weight excluding hydrogens is 264 g/mol. The minimum atomic E-state index is -0.934. The molecule has 0 aromatic heterocycles. The zero-order chi connectivity index (χ0) is 14.6.